The molecule has 3 heterocycles. The van der Waals surface area contributed by atoms with Crippen LogP contribution in [0.15, 0.2) is 0 Å². The van der Waals surface area contributed by atoms with E-state index in [4.69, 9.17) is 30.1 Å². The molecule has 1 unspecified atom stereocenters. The molecule has 6 heteroatoms. The Morgan fingerprint density at radius 2 is 1.70 bits per heavy atom. The first kappa shape index (κ1) is 14.3. The van der Waals surface area contributed by atoms with E-state index in [1.807, 2.05) is 13.8 Å². The van der Waals surface area contributed by atoms with Crippen LogP contribution in [0.1, 0.15) is 27.7 Å². The van der Waals surface area contributed by atoms with Crippen molar-refractivity contribution in [2.45, 2.75) is 69.5 Å². The van der Waals surface area contributed by atoms with E-state index >= 15 is 0 Å². The standard InChI is InChI=1S/C14H20O6/c1-6-14(15)11-10(18-13(4,5)20-11)9(19-14)8-7-16-12(2,3)17-8/h1,8-11,15H,7H2,2-5H3/t8-,9+,10-,11-,14?/m1/s1. The number of hydrogen-bond donors (Lipinski definition) is 1. The molecule has 6 nitrogen and oxygen atoms in total. The highest BCUT2D eigenvalue weighted by Gasteiger charge is 2.64. The summed E-state index contributed by atoms with van der Waals surface area (Å²) in [5, 5.41) is 10.4. The summed E-state index contributed by atoms with van der Waals surface area (Å²) in [7, 11) is 0. The zero-order valence-corrected chi connectivity index (χ0v) is 12.1. The molecule has 20 heavy (non-hydrogen) atoms. The molecule has 3 aliphatic heterocycles. The molecule has 0 bridgehead atoms. The molecule has 1 N–H and O–H groups in total. The topological polar surface area (TPSA) is 66.4 Å². The van der Waals surface area contributed by atoms with Gasteiger partial charge < -0.3 is 28.8 Å². The second-order valence-corrected chi connectivity index (χ2v) is 6.31. The molecule has 0 radical (unpaired) electrons. The van der Waals surface area contributed by atoms with Crippen LogP contribution < -0.4 is 0 Å². The first-order chi connectivity index (χ1) is 9.16. The molecule has 0 aromatic heterocycles. The molecular formula is C14H20O6. The van der Waals surface area contributed by atoms with Gasteiger partial charge in [0.05, 0.1) is 6.61 Å². The fraction of sp³-hybridized carbons (Fsp3) is 0.857. The van der Waals surface area contributed by atoms with Gasteiger partial charge in [0.15, 0.2) is 17.7 Å². The van der Waals surface area contributed by atoms with Crippen LogP contribution >= 0.6 is 0 Å². The Kier molecular flexibility index (Phi) is 2.97. The Balaban J connectivity index is 1.85. The van der Waals surface area contributed by atoms with Crippen LogP contribution in [0.25, 0.3) is 0 Å². The van der Waals surface area contributed by atoms with Crippen molar-refractivity contribution in [1.29, 1.82) is 0 Å². The van der Waals surface area contributed by atoms with E-state index in [0.717, 1.165) is 0 Å². The maximum absolute atomic E-state index is 10.4. The third-order valence-electron chi connectivity index (χ3n) is 3.76. The Hall–Kier alpha value is -0.680. The predicted molar refractivity (Wildman–Crippen MR) is 67.4 cm³/mol. The highest BCUT2D eigenvalue weighted by Crippen LogP contribution is 2.45. The molecule has 0 amide bonds. The fourth-order valence-electron chi connectivity index (χ4n) is 2.95. The second-order valence-electron chi connectivity index (χ2n) is 6.31. The minimum absolute atomic E-state index is 0.353. The van der Waals surface area contributed by atoms with Crippen molar-refractivity contribution in [3.63, 3.8) is 0 Å². The zero-order valence-electron chi connectivity index (χ0n) is 12.1. The van der Waals surface area contributed by atoms with E-state index in [1.54, 1.807) is 13.8 Å². The Morgan fingerprint density at radius 1 is 1.00 bits per heavy atom. The van der Waals surface area contributed by atoms with E-state index in [0.29, 0.717) is 6.61 Å². The van der Waals surface area contributed by atoms with Gasteiger partial charge in [-0.05, 0) is 33.6 Å². The van der Waals surface area contributed by atoms with Gasteiger partial charge in [-0.15, -0.1) is 6.42 Å². The number of ether oxygens (including phenoxy) is 5. The van der Waals surface area contributed by atoms with E-state index in [2.05, 4.69) is 5.92 Å². The monoisotopic (exact) mass is 284 g/mol. The maximum Gasteiger partial charge on any atom is 0.261 e. The molecule has 3 saturated heterocycles. The predicted octanol–water partition coefficient (Wildman–Crippen LogP) is 0.379. The van der Waals surface area contributed by atoms with Gasteiger partial charge in [0.1, 0.15) is 18.3 Å². The fourth-order valence-corrected chi connectivity index (χ4v) is 2.95. The van der Waals surface area contributed by atoms with Gasteiger partial charge in [0.2, 0.25) is 0 Å². The molecule has 0 aromatic rings. The lowest BCUT2D eigenvalue weighted by Crippen LogP contribution is -2.42. The lowest BCUT2D eigenvalue weighted by Gasteiger charge is -2.28. The lowest BCUT2D eigenvalue weighted by molar-refractivity contribution is -0.261. The molecule has 3 aliphatic rings. The lowest BCUT2D eigenvalue weighted by atomic mass is 10.0. The average Bonchev–Trinajstić information content (AvgIpc) is 2.92. The minimum Gasteiger partial charge on any atom is -0.353 e. The van der Waals surface area contributed by atoms with Gasteiger partial charge >= 0.3 is 0 Å². The maximum atomic E-state index is 10.4. The first-order valence-corrected chi connectivity index (χ1v) is 6.71. The molecule has 0 spiro atoms. The summed E-state index contributed by atoms with van der Waals surface area (Å²) in [6, 6.07) is 0. The third kappa shape index (κ3) is 2.15. The van der Waals surface area contributed by atoms with Gasteiger partial charge in [-0.2, -0.15) is 0 Å². The molecule has 112 valence electrons. The van der Waals surface area contributed by atoms with Crippen LogP contribution in [0.4, 0.5) is 0 Å². The van der Waals surface area contributed by atoms with Crippen molar-refractivity contribution < 1.29 is 28.8 Å². The summed E-state index contributed by atoms with van der Waals surface area (Å²) >= 11 is 0. The van der Waals surface area contributed by atoms with Crippen molar-refractivity contribution in [3.8, 4) is 12.3 Å². The van der Waals surface area contributed by atoms with Crippen molar-refractivity contribution in [3.05, 3.63) is 0 Å². The van der Waals surface area contributed by atoms with Gasteiger partial charge in [-0.3, -0.25) is 0 Å². The summed E-state index contributed by atoms with van der Waals surface area (Å²) in [6.07, 6.45) is 3.26. The highest BCUT2D eigenvalue weighted by molar-refractivity contribution is 5.16. The SMILES string of the molecule is C#CC1(O)O[C@@H]([C@H]2COC(C)(C)O2)[C@H]2OC(C)(C)O[C@H]21. The molecular weight excluding hydrogens is 264 g/mol. The largest absolute Gasteiger partial charge is 0.353 e. The first-order valence-electron chi connectivity index (χ1n) is 6.71. The van der Waals surface area contributed by atoms with Gasteiger partial charge in [-0.1, -0.05) is 0 Å². The van der Waals surface area contributed by atoms with Gasteiger partial charge in [0, 0.05) is 0 Å². The summed E-state index contributed by atoms with van der Waals surface area (Å²) in [5.41, 5.74) is 0. The summed E-state index contributed by atoms with van der Waals surface area (Å²) in [5.74, 6) is -1.06. The van der Waals surface area contributed by atoms with E-state index < -0.39 is 35.7 Å². The van der Waals surface area contributed by atoms with E-state index in [9.17, 15) is 5.11 Å². The van der Waals surface area contributed by atoms with Crippen molar-refractivity contribution in [2.24, 2.45) is 0 Å². The quantitative estimate of drug-likeness (QED) is 0.702. The third-order valence-corrected chi connectivity index (χ3v) is 3.76. The molecule has 0 aromatic carbocycles. The zero-order chi connectivity index (χ0) is 14.8. The number of fused-ring (bicyclic) bond motifs is 1. The summed E-state index contributed by atoms with van der Waals surface area (Å²) in [6.45, 7) is 7.54. The molecule has 3 fully saturated rings. The second kappa shape index (κ2) is 4.17. The summed E-state index contributed by atoms with van der Waals surface area (Å²) < 4.78 is 28.4. The minimum atomic E-state index is -1.81. The Morgan fingerprint density at radius 3 is 2.25 bits per heavy atom. The molecule has 5 atom stereocenters. The smallest absolute Gasteiger partial charge is 0.261 e. The van der Waals surface area contributed by atoms with E-state index in [-0.39, 0.29) is 6.10 Å². The van der Waals surface area contributed by atoms with Crippen LogP contribution in [0.2, 0.25) is 0 Å². The average molecular weight is 284 g/mol. The Labute approximate surface area is 118 Å². The van der Waals surface area contributed by atoms with Gasteiger partial charge in [-0.25, -0.2) is 0 Å². The van der Waals surface area contributed by atoms with Crippen molar-refractivity contribution >= 4 is 0 Å². The number of terminal acetylenes is 1. The number of aliphatic hydroxyl groups is 1. The molecule has 0 aliphatic carbocycles. The van der Waals surface area contributed by atoms with Gasteiger partial charge in [0.25, 0.3) is 5.79 Å². The van der Waals surface area contributed by atoms with Crippen molar-refractivity contribution in [1.82, 2.24) is 0 Å². The van der Waals surface area contributed by atoms with Crippen LogP contribution in [-0.2, 0) is 23.7 Å². The van der Waals surface area contributed by atoms with Crippen LogP contribution in [0.5, 0.6) is 0 Å². The normalized spacial score (nSPS) is 49.0. The number of hydrogen-bond acceptors (Lipinski definition) is 6. The number of rotatable bonds is 1. The van der Waals surface area contributed by atoms with Crippen LogP contribution in [0, 0.1) is 12.3 Å². The molecule has 3 rings (SSSR count). The molecule has 0 saturated carbocycles. The summed E-state index contributed by atoms with van der Waals surface area (Å²) in [4.78, 5) is 0. The van der Waals surface area contributed by atoms with Crippen molar-refractivity contribution in [2.75, 3.05) is 6.61 Å². The van der Waals surface area contributed by atoms with E-state index in [1.165, 1.54) is 0 Å². The van der Waals surface area contributed by atoms with Crippen LogP contribution in [0.3, 0.4) is 0 Å². The Bertz CT molecular complexity index is 453. The van der Waals surface area contributed by atoms with Crippen LogP contribution in [-0.4, -0.2) is 53.5 Å². The highest BCUT2D eigenvalue weighted by atomic mass is 16.8.